The van der Waals surface area contributed by atoms with Gasteiger partial charge in [-0.05, 0) is 12.1 Å². The van der Waals surface area contributed by atoms with Crippen molar-refractivity contribution in [2.75, 3.05) is 13.1 Å². The molecule has 1 aliphatic heterocycles. The number of carboxylic acids is 1. The van der Waals surface area contributed by atoms with Gasteiger partial charge in [0.25, 0.3) is 0 Å². The first-order chi connectivity index (χ1) is 8.01. The lowest BCUT2D eigenvalue weighted by atomic mass is 9.92. The molecule has 0 atom stereocenters. The van der Waals surface area contributed by atoms with Crippen LogP contribution in [-0.4, -0.2) is 29.8 Å². The van der Waals surface area contributed by atoms with Crippen LogP contribution in [0.3, 0.4) is 0 Å². The van der Waals surface area contributed by atoms with Crippen LogP contribution in [0.5, 0.6) is 5.75 Å². The molecule has 0 spiro atoms. The van der Waals surface area contributed by atoms with Crippen molar-refractivity contribution in [3.8, 4) is 5.75 Å². The number of rotatable bonds is 4. The maximum absolute atomic E-state index is 10.8. The van der Waals surface area contributed by atoms with E-state index in [2.05, 4.69) is 5.32 Å². The van der Waals surface area contributed by atoms with Gasteiger partial charge in [-0.2, -0.15) is 0 Å². The van der Waals surface area contributed by atoms with Crippen LogP contribution in [0.15, 0.2) is 18.2 Å². The number of ether oxygens (including phenoxy) is 1. The minimum atomic E-state index is -0.883. The first-order valence-electron chi connectivity index (χ1n) is 5.07. The van der Waals surface area contributed by atoms with Crippen LogP contribution in [0.2, 0.25) is 10.0 Å². The van der Waals surface area contributed by atoms with E-state index in [1.54, 1.807) is 18.2 Å². The molecule has 6 heteroatoms. The minimum Gasteiger partial charge on any atom is -0.484 e. The molecule has 0 radical (unpaired) electrons. The van der Waals surface area contributed by atoms with E-state index in [1.165, 1.54) is 0 Å². The SMILES string of the molecule is O=C(O)CC1(Oc2ccc(Cl)c(Cl)c2)CNC1. The fraction of sp³-hybridized carbons (Fsp3) is 0.364. The molecule has 17 heavy (non-hydrogen) atoms. The molecule has 1 aromatic carbocycles. The zero-order chi connectivity index (χ0) is 12.5. The third kappa shape index (κ3) is 2.83. The molecular weight excluding hydrogens is 265 g/mol. The first kappa shape index (κ1) is 12.5. The van der Waals surface area contributed by atoms with Crippen LogP contribution < -0.4 is 10.1 Å². The summed E-state index contributed by atoms with van der Waals surface area (Å²) in [5.41, 5.74) is -0.678. The lowest BCUT2D eigenvalue weighted by Crippen LogP contribution is -2.64. The molecule has 0 saturated carbocycles. The van der Waals surface area contributed by atoms with Crippen molar-refractivity contribution in [2.24, 2.45) is 0 Å². The molecule has 1 aliphatic rings. The molecule has 4 nitrogen and oxygen atoms in total. The number of hydrogen-bond acceptors (Lipinski definition) is 3. The molecule has 1 fully saturated rings. The van der Waals surface area contributed by atoms with Crippen molar-refractivity contribution in [3.63, 3.8) is 0 Å². The quantitative estimate of drug-likeness (QED) is 0.885. The van der Waals surface area contributed by atoms with Gasteiger partial charge in [0.1, 0.15) is 11.4 Å². The van der Waals surface area contributed by atoms with Gasteiger partial charge in [0.2, 0.25) is 0 Å². The second-order valence-corrected chi connectivity index (χ2v) is 4.85. The summed E-state index contributed by atoms with van der Waals surface area (Å²) in [5, 5.41) is 12.7. The predicted molar refractivity (Wildman–Crippen MR) is 64.9 cm³/mol. The lowest BCUT2D eigenvalue weighted by Gasteiger charge is -2.41. The lowest BCUT2D eigenvalue weighted by molar-refractivity contribution is -0.143. The average Bonchev–Trinajstić information content (AvgIpc) is 2.19. The van der Waals surface area contributed by atoms with Gasteiger partial charge in [-0.3, -0.25) is 4.79 Å². The van der Waals surface area contributed by atoms with Gasteiger partial charge < -0.3 is 15.2 Å². The van der Waals surface area contributed by atoms with Crippen LogP contribution >= 0.6 is 23.2 Å². The van der Waals surface area contributed by atoms with Gasteiger partial charge in [-0.25, -0.2) is 0 Å². The van der Waals surface area contributed by atoms with E-state index in [4.69, 9.17) is 33.0 Å². The van der Waals surface area contributed by atoms with Crippen LogP contribution in [0.1, 0.15) is 6.42 Å². The van der Waals surface area contributed by atoms with Crippen LogP contribution in [0, 0.1) is 0 Å². The molecular formula is C11H11Cl2NO3. The van der Waals surface area contributed by atoms with Crippen molar-refractivity contribution in [2.45, 2.75) is 12.0 Å². The molecule has 2 N–H and O–H groups in total. The van der Waals surface area contributed by atoms with Gasteiger partial charge >= 0.3 is 5.97 Å². The van der Waals surface area contributed by atoms with Crippen molar-refractivity contribution in [1.29, 1.82) is 0 Å². The Morgan fingerprint density at radius 1 is 1.41 bits per heavy atom. The summed E-state index contributed by atoms with van der Waals surface area (Å²) in [6.45, 7) is 1.03. The van der Waals surface area contributed by atoms with Crippen molar-refractivity contribution < 1.29 is 14.6 Å². The zero-order valence-electron chi connectivity index (χ0n) is 8.87. The number of halogens is 2. The summed E-state index contributed by atoms with van der Waals surface area (Å²) in [5.74, 6) is -0.353. The number of benzene rings is 1. The Kier molecular flexibility index (Phi) is 3.47. The average molecular weight is 276 g/mol. The number of carbonyl (C=O) groups is 1. The highest BCUT2D eigenvalue weighted by atomic mass is 35.5. The van der Waals surface area contributed by atoms with Gasteiger partial charge in [0.05, 0.1) is 16.5 Å². The smallest absolute Gasteiger partial charge is 0.307 e. The Balaban J connectivity index is 2.13. The van der Waals surface area contributed by atoms with E-state index in [0.717, 1.165) is 0 Å². The maximum Gasteiger partial charge on any atom is 0.307 e. The highest BCUT2D eigenvalue weighted by Gasteiger charge is 2.41. The molecule has 92 valence electrons. The fourth-order valence-corrected chi connectivity index (χ4v) is 1.99. The normalized spacial score (nSPS) is 17.3. The highest BCUT2D eigenvalue weighted by molar-refractivity contribution is 6.42. The van der Waals surface area contributed by atoms with Crippen molar-refractivity contribution in [3.05, 3.63) is 28.2 Å². The van der Waals surface area contributed by atoms with Crippen LogP contribution in [0.25, 0.3) is 0 Å². The maximum atomic E-state index is 10.8. The molecule has 0 aliphatic carbocycles. The first-order valence-corrected chi connectivity index (χ1v) is 5.83. The number of carboxylic acid groups (broad SMARTS) is 1. The van der Waals surface area contributed by atoms with Crippen molar-refractivity contribution in [1.82, 2.24) is 5.32 Å². The topological polar surface area (TPSA) is 58.6 Å². The standard InChI is InChI=1S/C11H11Cl2NO3/c12-8-2-1-7(3-9(8)13)17-11(4-10(15)16)5-14-6-11/h1-3,14H,4-6H2,(H,15,16). The third-order valence-corrected chi connectivity index (χ3v) is 3.33. The fourth-order valence-electron chi connectivity index (χ4n) is 1.70. The molecule has 0 unspecified atom stereocenters. The molecule has 1 saturated heterocycles. The van der Waals surface area contributed by atoms with Gasteiger partial charge in [-0.1, -0.05) is 23.2 Å². The van der Waals surface area contributed by atoms with E-state index in [9.17, 15) is 4.79 Å². The number of nitrogens with one attached hydrogen (secondary N) is 1. The Morgan fingerprint density at radius 3 is 2.59 bits per heavy atom. The second kappa shape index (κ2) is 4.72. The van der Waals surface area contributed by atoms with Gasteiger partial charge in [-0.15, -0.1) is 0 Å². The Morgan fingerprint density at radius 2 is 2.12 bits per heavy atom. The van der Waals surface area contributed by atoms with Crippen LogP contribution in [0.4, 0.5) is 0 Å². The summed E-state index contributed by atoms with van der Waals surface area (Å²) >= 11 is 11.7. The predicted octanol–water partition coefficient (Wildman–Crippen LogP) is 2.19. The Bertz CT molecular complexity index is 446. The van der Waals surface area contributed by atoms with Crippen LogP contribution in [-0.2, 0) is 4.79 Å². The summed E-state index contributed by atoms with van der Waals surface area (Å²) in [7, 11) is 0. The van der Waals surface area contributed by atoms with E-state index < -0.39 is 11.6 Å². The molecule has 0 amide bonds. The van der Waals surface area contributed by atoms with E-state index in [-0.39, 0.29) is 6.42 Å². The number of aliphatic carboxylic acids is 1. The monoisotopic (exact) mass is 275 g/mol. The summed E-state index contributed by atoms with van der Waals surface area (Å²) < 4.78 is 5.70. The Hall–Kier alpha value is -0.970. The third-order valence-electron chi connectivity index (χ3n) is 2.59. The van der Waals surface area contributed by atoms with E-state index in [0.29, 0.717) is 28.9 Å². The second-order valence-electron chi connectivity index (χ2n) is 4.04. The summed E-state index contributed by atoms with van der Waals surface area (Å²) in [6, 6.07) is 4.89. The zero-order valence-corrected chi connectivity index (χ0v) is 10.4. The molecule has 0 bridgehead atoms. The molecule has 0 aromatic heterocycles. The number of hydrogen-bond donors (Lipinski definition) is 2. The van der Waals surface area contributed by atoms with E-state index in [1.807, 2.05) is 0 Å². The summed E-state index contributed by atoms with van der Waals surface area (Å²) in [4.78, 5) is 10.8. The Labute approximate surface area is 108 Å². The minimum absolute atomic E-state index is 0.0414. The molecule has 1 heterocycles. The van der Waals surface area contributed by atoms with Crippen molar-refractivity contribution >= 4 is 29.2 Å². The summed E-state index contributed by atoms with van der Waals surface area (Å²) in [6.07, 6.45) is -0.0414. The molecule has 1 aromatic rings. The largest absolute Gasteiger partial charge is 0.484 e. The van der Waals surface area contributed by atoms with Gasteiger partial charge in [0.15, 0.2) is 0 Å². The van der Waals surface area contributed by atoms with Gasteiger partial charge in [0, 0.05) is 19.2 Å². The van der Waals surface area contributed by atoms with E-state index >= 15 is 0 Å². The molecule has 2 rings (SSSR count). The highest BCUT2D eigenvalue weighted by Crippen LogP contribution is 2.30.